The molecule has 25 heavy (non-hydrogen) atoms. The lowest BCUT2D eigenvalue weighted by Crippen LogP contribution is -2.37. The third kappa shape index (κ3) is 1.79. The van der Waals surface area contributed by atoms with Crippen molar-refractivity contribution < 1.29 is 0 Å². The van der Waals surface area contributed by atoms with Gasteiger partial charge in [0.2, 0.25) is 0 Å². The molecule has 2 saturated carbocycles. The smallest absolute Gasteiger partial charge is 0.275 e. The van der Waals surface area contributed by atoms with E-state index in [0.717, 1.165) is 30.1 Å². The number of hydrogen-bond acceptors (Lipinski definition) is 1. The van der Waals surface area contributed by atoms with Gasteiger partial charge in [0.05, 0.1) is 11.4 Å². The van der Waals surface area contributed by atoms with Crippen LogP contribution in [0.15, 0.2) is 35.1 Å². The van der Waals surface area contributed by atoms with Crippen molar-refractivity contribution in [3.05, 3.63) is 51.9 Å². The van der Waals surface area contributed by atoms with E-state index in [-0.39, 0.29) is 16.4 Å². The van der Waals surface area contributed by atoms with Gasteiger partial charge in [-0.15, -0.1) is 0 Å². The first-order chi connectivity index (χ1) is 11.9. The first-order valence-electron chi connectivity index (χ1n) is 9.87. The quantitative estimate of drug-likeness (QED) is 0.804. The van der Waals surface area contributed by atoms with E-state index < -0.39 is 0 Å². The average molecular weight is 336 g/mol. The second-order valence-electron chi connectivity index (χ2n) is 9.24. The Labute approximate surface area is 149 Å². The largest absolute Gasteiger partial charge is 0.281 e. The number of hydrogen-bond donors (Lipinski definition) is 0. The van der Waals surface area contributed by atoms with Gasteiger partial charge >= 0.3 is 0 Å². The summed E-state index contributed by atoms with van der Waals surface area (Å²) in [5.41, 5.74) is 4.05. The van der Waals surface area contributed by atoms with Gasteiger partial charge in [0.15, 0.2) is 0 Å². The molecule has 0 amide bonds. The Kier molecular flexibility index (Phi) is 3.03. The molecule has 0 N–H and O–H groups in total. The lowest BCUT2D eigenvalue weighted by atomic mass is 9.70. The molecule has 3 heteroatoms. The predicted octanol–water partition coefficient (Wildman–Crippen LogP) is 4.61. The summed E-state index contributed by atoms with van der Waals surface area (Å²) in [6, 6.07) is 10.2. The lowest BCUT2D eigenvalue weighted by molar-refractivity contribution is 0.200. The van der Waals surface area contributed by atoms with Gasteiger partial charge < -0.3 is 0 Å². The average Bonchev–Trinajstić information content (AvgIpc) is 3.04. The molecule has 3 aliphatic rings. The van der Waals surface area contributed by atoms with E-state index in [9.17, 15) is 4.79 Å². The number of para-hydroxylation sites is 1. The van der Waals surface area contributed by atoms with Gasteiger partial charge in [-0.2, -0.15) is 0 Å². The molecule has 3 aliphatic carbocycles. The molecule has 0 spiro atoms. The molecule has 132 valence electrons. The summed E-state index contributed by atoms with van der Waals surface area (Å²) in [5, 5.41) is 0. The Morgan fingerprint density at radius 3 is 2.44 bits per heavy atom. The third-order valence-electron chi connectivity index (χ3n) is 7.93. The van der Waals surface area contributed by atoms with E-state index in [1.807, 2.05) is 22.9 Å². The zero-order valence-corrected chi connectivity index (χ0v) is 15.6. The predicted molar refractivity (Wildman–Crippen MR) is 100 cm³/mol. The van der Waals surface area contributed by atoms with E-state index in [0.29, 0.717) is 5.92 Å². The minimum absolute atomic E-state index is 0.121. The number of fused-ring (bicyclic) bond motifs is 5. The molecule has 0 saturated heterocycles. The van der Waals surface area contributed by atoms with Gasteiger partial charge in [-0.05, 0) is 55.1 Å². The van der Waals surface area contributed by atoms with Crippen LogP contribution in [-0.2, 0) is 12.0 Å². The fraction of sp³-hybridized carbons (Fsp3) is 0.591. The second kappa shape index (κ2) is 4.90. The molecular weight excluding hydrogens is 308 g/mol. The molecule has 2 aromatic rings. The van der Waals surface area contributed by atoms with E-state index in [2.05, 4.69) is 37.6 Å². The van der Waals surface area contributed by atoms with E-state index in [1.54, 1.807) is 0 Å². The number of aromatic nitrogens is 2. The molecule has 5 rings (SSSR count). The Morgan fingerprint density at radius 2 is 1.80 bits per heavy atom. The maximum atomic E-state index is 13.5. The van der Waals surface area contributed by atoms with Crippen molar-refractivity contribution >= 4 is 0 Å². The highest BCUT2D eigenvalue weighted by molar-refractivity contribution is 5.47. The third-order valence-corrected chi connectivity index (χ3v) is 7.93. The van der Waals surface area contributed by atoms with Gasteiger partial charge in [0.1, 0.15) is 0 Å². The Balaban J connectivity index is 1.77. The molecule has 2 atom stereocenters. The van der Waals surface area contributed by atoms with Crippen molar-refractivity contribution in [1.29, 1.82) is 0 Å². The zero-order chi connectivity index (χ0) is 17.4. The Bertz CT molecular complexity index is 885. The van der Waals surface area contributed by atoms with E-state index in [4.69, 9.17) is 0 Å². The maximum Gasteiger partial charge on any atom is 0.275 e. The van der Waals surface area contributed by atoms with Crippen LogP contribution in [-0.4, -0.2) is 9.36 Å². The summed E-state index contributed by atoms with van der Waals surface area (Å²) in [4.78, 5) is 13.5. The number of nitrogens with zero attached hydrogens (tertiary/aromatic N) is 2. The fourth-order valence-corrected chi connectivity index (χ4v) is 5.81. The molecule has 2 bridgehead atoms. The SMILES string of the molecule is CC1(C)[C@@H]2CC[C@@]1(C)c1c2c(=O)n(-c2ccccc2)n1CC1CCC1. The van der Waals surface area contributed by atoms with Crippen LogP contribution in [0.2, 0.25) is 0 Å². The number of benzene rings is 1. The van der Waals surface area contributed by atoms with Crippen LogP contribution in [0.4, 0.5) is 0 Å². The fourth-order valence-electron chi connectivity index (χ4n) is 5.81. The summed E-state index contributed by atoms with van der Waals surface area (Å²) in [6.45, 7) is 8.16. The molecular formula is C22H28N2O. The van der Waals surface area contributed by atoms with Crippen molar-refractivity contribution in [3.63, 3.8) is 0 Å². The molecule has 1 aromatic carbocycles. The van der Waals surface area contributed by atoms with Gasteiger partial charge in [-0.25, -0.2) is 4.68 Å². The minimum Gasteiger partial charge on any atom is -0.281 e. The highest BCUT2D eigenvalue weighted by Crippen LogP contribution is 2.67. The summed E-state index contributed by atoms with van der Waals surface area (Å²) in [5.74, 6) is 1.15. The Hall–Kier alpha value is -1.77. The maximum absolute atomic E-state index is 13.5. The minimum atomic E-state index is 0.121. The second-order valence-corrected chi connectivity index (χ2v) is 9.24. The van der Waals surface area contributed by atoms with Crippen LogP contribution in [0, 0.1) is 11.3 Å². The first-order valence-corrected chi connectivity index (χ1v) is 9.87. The highest BCUT2D eigenvalue weighted by Gasteiger charge is 2.62. The highest BCUT2D eigenvalue weighted by atomic mass is 16.1. The summed E-state index contributed by atoms with van der Waals surface area (Å²) >= 11 is 0. The van der Waals surface area contributed by atoms with Crippen molar-refractivity contribution in [2.45, 2.75) is 70.8 Å². The van der Waals surface area contributed by atoms with Crippen LogP contribution in [0.3, 0.4) is 0 Å². The Morgan fingerprint density at radius 1 is 1.08 bits per heavy atom. The van der Waals surface area contributed by atoms with Gasteiger partial charge in [-0.1, -0.05) is 45.4 Å². The normalized spacial score (nSPS) is 29.6. The van der Waals surface area contributed by atoms with Crippen LogP contribution in [0.25, 0.3) is 5.69 Å². The molecule has 0 unspecified atom stereocenters. The lowest BCUT2D eigenvalue weighted by Gasteiger charge is -2.37. The van der Waals surface area contributed by atoms with Crippen molar-refractivity contribution in [3.8, 4) is 5.69 Å². The van der Waals surface area contributed by atoms with Gasteiger partial charge in [-0.3, -0.25) is 9.48 Å². The molecule has 3 nitrogen and oxygen atoms in total. The van der Waals surface area contributed by atoms with Crippen LogP contribution in [0.1, 0.15) is 70.1 Å². The van der Waals surface area contributed by atoms with Gasteiger partial charge in [0.25, 0.3) is 5.56 Å². The van der Waals surface area contributed by atoms with Crippen LogP contribution >= 0.6 is 0 Å². The number of rotatable bonds is 3. The van der Waals surface area contributed by atoms with Crippen LogP contribution in [0.5, 0.6) is 0 Å². The van der Waals surface area contributed by atoms with Gasteiger partial charge in [0, 0.05) is 17.5 Å². The topological polar surface area (TPSA) is 26.9 Å². The van der Waals surface area contributed by atoms with Crippen molar-refractivity contribution in [2.24, 2.45) is 11.3 Å². The van der Waals surface area contributed by atoms with Crippen LogP contribution < -0.4 is 5.56 Å². The molecule has 0 aliphatic heterocycles. The first kappa shape index (κ1) is 15.5. The molecule has 0 radical (unpaired) electrons. The summed E-state index contributed by atoms with van der Waals surface area (Å²) in [6.07, 6.45) is 6.32. The van der Waals surface area contributed by atoms with E-state index >= 15 is 0 Å². The summed E-state index contributed by atoms with van der Waals surface area (Å²) < 4.78 is 4.38. The molecule has 2 fully saturated rings. The molecule has 1 aromatic heterocycles. The monoisotopic (exact) mass is 336 g/mol. The standard InChI is InChI=1S/C22H28N2O/c1-21(2)17-12-13-22(21,3)19-18(17)20(25)24(16-10-5-4-6-11-16)23(19)14-15-8-7-9-15/h4-6,10-11,15,17H,7-9,12-14H2,1-3H3/t17-,22+/m1/s1. The van der Waals surface area contributed by atoms with E-state index in [1.165, 1.54) is 31.4 Å². The summed E-state index contributed by atoms with van der Waals surface area (Å²) in [7, 11) is 0. The van der Waals surface area contributed by atoms with Crippen molar-refractivity contribution in [2.75, 3.05) is 0 Å². The van der Waals surface area contributed by atoms with Crippen molar-refractivity contribution in [1.82, 2.24) is 9.36 Å². The zero-order valence-electron chi connectivity index (χ0n) is 15.6. The molecule has 1 heterocycles.